The van der Waals surface area contributed by atoms with Gasteiger partial charge in [0.15, 0.2) is 0 Å². The Morgan fingerprint density at radius 3 is 2.64 bits per heavy atom. The molecule has 0 aromatic heterocycles. The van der Waals surface area contributed by atoms with Crippen molar-refractivity contribution in [1.29, 1.82) is 0 Å². The van der Waals surface area contributed by atoms with Crippen LogP contribution in [-0.4, -0.2) is 24.2 Å². The Bertz CT molecular complexity index is 188. The average Bonchev–Trinajstić information content (AvgIpc) is 2.27. The molecule has 1 unspecified atom stereocenters. The largest absolute Gasteiger partial charge is 0.459 e. The standard InChI is InChI=1S/C11H21NO2/c1-11(2,3)14-10(13)9-7-5-4-6-8-12-9/h9,12H,4-8H2,1-3H3. The summed E-state index contributed by atoms with van der Waals surface area (Å²) in [5.74, 6) is -0.0978. The third-order valence-electron chi connectivity index (χ3n) is 2.25. The van der Waals surface area contributed by atoms with Crippen LogP contribution in [0.3, 0.4) is 0 Å². The van der Waals surface area contributed by atoms with E-state index in [4.69, 9.17) is 4.74 Å². The van der Waals surface area contributed by atoms with Crippen molar-refractivity contribution >= 4 is 5.97 Å². The highest BCUT2D eigenvalue weighted by atomic mass is 16.6. The zero-order valence-electron chi connectivity index (χ0n) is 9.43. The minimum absolute atomic E-state index is 0.0864. The molecule has 0 radical (unpaired) electrons. The van der Waals surface area contributed by atoms with Crippen LogP contribution in [0.1, 0.15) is 46.5 Å². The fourth-order valence-electron chi connectivity index (χ4n) is 1.60. The summed E-state index contributed by atoms with van der Waals surface area (Å²) in [7, 11) is 0. The lowest BCUT2D eigenvalue weighted by Gasteiger charge is -2.23. The quantitative estimate of drug-likeness (QED) is 0.655. The number of rotatable bonds is 1. The Morgan fingerprint density at radius 1 is 1.29 bits per heavy atom. The second kappa shape index (κ2) is 4.78. The summed E-state index contributed by atoms with van der Waals surface area (Å²) in [6.07, 6.45) is 4.41. The van der Waals surface area contributed by atoms with Gasteiger partial charge in [-0.25, -0.2) is 0 Å². The molecule has 1 rings (SSSR count). The predicted molar refractivity (Wildman–Crippen MR) is 56.1 cm³/mol. The Labute approximate surface area is 86.2 Å². The van der Waals surface area contributed by atoms with E-state index in [0.717, 1.165) is 19.4 Å². The summed E-state index contributed by atoms with van der Waals surface area (Å²) in [6, 6.07) is -0.0864. The van der Waals surface area contributed by atoms with Crippen LogP contribution in [0.2, 0.25) is 0 Å². The molecule has 0 spiro atoms. The monoisotopic (exact) mass is 199 g/mol. The van der Waals surface area contributed by atoms with E-state index in [2.05, 4.69) is 5.32 Å². The number of carbonyl (C=O) groups excluding carboxylic acids is 1. The first-order valence-corrected chi connectivity index (χ1v) is 5.45. The molecule has 1 aliphatic heterocycles. The van der Waals surface area contributed by atoms with Gasteiger partial charge in [0.25, 0.3) is 0 Å². The highest BCUT2D eigenvalue weighted by Gasteiger charge is 2.25. The highest BCUT2D eigenvalue weighted by molar-refractivity contribution is 5.76. The molecule has 3 nitrogen and oxygen atoms in total. The van der Waals surface area contributed by atoms with E-state index in [1.54, 1.807) is 0 Å². The maximum Gasteiger partial charge on any atom is 0.323 e. The van der Waals surface area contributed by atoms with E-state index in [9.17, 15) is 4.79 Å². The second-order valence-electron chi connectivity index (χ2n) is 4.89. The molecule has 1 saturated heterocycles. The van der Waals surface area contributed by atoms with Crippen molar-refractivity contribution < 1.29 is 9.53 Å². The third-order valence-corrected chi connectivity index (χ3v) is 2.25. The molecule has 0 amide bonds. The zero-order chi connectivity index (χ0) is 10.6. The van der Waals surface area contributed by atoms with Gasteiger partial charge in [0, 0.05) is 0 Å². The second-order valence-corrected chi connectivity index (χ2v) is 4.89. The Kier molecular flexibility index (Phi) is 3.93. The maximum atomic E-state index is 11.7. The maximum absolute atomic E-state index is 11.7. The van der Waals surface area contributed by atoms with Crippen LogP contribution in [0.25, 0.3) is 0 Å². The lowest BCUT2D eigenvalue weighted by Crippen LogP contribution is -2.40. The van der Waals surface area contributed by atoms with Gasteiger partial charge in [0.2, 0.25) is 0 Å². The van der Waals surface area contributed by atoms with Crippen molar-refractivity contribution in [2.45, 2.75) is 58.1 Å². The topological polar surface area (TPSA) is 38.3 Å². The van der Waals surface area contributed by atoms with Gasteiger partial charge < -0.3 is 10.1 Å². The van der Waals surface area contributed by atoms with Crippen LogP contribution < -0.4 is 5.32 Å². The molecule has 1 heterocycles. The molecule has 0 aliphatic carbocycles. The fraction of sp³-hybridized carbons (Fsp3) is 0.909. The van der Waals surface area contributed by atoms with E-state index >= 15 is 0 Å². The zero-order valence-corrected chi connectivity index (χ0v) is 9.43. The lowest BCUT2D eigenvalue weighted by atomic mass is 10.1. The van der Waals surface area contributed by atoms with Crippen molar-refractivity contribution in [3.63, 3.8) is 0 Å². The van der Waals surface area contributed by atoms with E-state index in [-0.39, 0.29) is 17.6 Å². The molecule has 1 fully saturated rings. The molecule has 0 aromatic carbocycles. The Hall–Kier alpha value is -0.570. The molecule has 0 saturated carbocycles. The first-order valence-electron chi connectivity index (χ1n) is 5.45. The predicted octanol–water partition coefficient (Wildman–Crippen LogP) is 1.86. The van der Waals surface area contributed by atoms with Crippen molar-refractivity contribution in [3.05, 3.63) is 0 Å². The highest BCUT2D eigenvalue weighted by Crippen LogP contribution is 2.13. The molecule has 1 aliphatic rings. The van der Waals surface area contributed by atoms with Crippen LogP contribution >= 0.6 is 0 Å². The minimum atomic E-state index is -0.370. The van der Waals surface area contributed by atoms with Crippen molar-refractivity contribution in [1.82, 2.24) is 5.32 Å². The normalized spacial score (nSPS) is 24.1. The number of nitrogens with one attached hydrogen (secondary N) is 1. The fourth-order valence-corrected chi connectivity index (χ4v) is 1.60. The molecule has 1 N–H and O–H groups in total. The number of hydrogen-bond acceptors (Lipinski definition) is 3. The van der Waals surface area contributed by atoms with Crippen LogP contribution in [-0.2, 0) is 9.53 Å². The van der Waals surface area contributed by atoms with Crippen LogP contribution in [0.15, 0.2) is 0 Å². The Morgan fingerprint density at radius 2 is 2.00 bits per heavy atom. The van der Waals surface area contributed by atoms with Crippen molar-refractivity contribution in [2.75, 3.05) is 6.54 Å². The molecular weight excluding hydrogens is 178 g/mol. The molecule has 1 atom stereocenters. The van der Waals surface area contributed by atoms with Crippen LogP contribution in [0.5, 0.6) is 0 Å². The van der Waals surface area contributed by atoms with E-state index in [1.807, 2.05) is 20.8 Å². The molecule has 0 bridgehead atoms. The third kappa shape index (κ3) is 4.09. The summed E-state index contributed by atoms with van der Waals surface area (Å²) < 4.78 is 5.33. The first kappa shape index (κ1) is 11.5. The van der Waals surface area contributed by atoms with Crippen molar-refractivity contribution in [3.8, 4) is 0 Å². The van der Waals surface area contributed by atoms with Crippen molar-refractivity contribution in [2.24, 2.45) is 0 Å². The number of esters is 1. The lowest BCUT2D eigenvalue weighted by molar-refractivity contribution is -0.157. The van der Waals surface area contributed by atoms with Gasteiger partial charge in [-0.1, -0.05) is 12.8 Å². The van der Waals surface area contributed by atoms with Gasteiger partial charge in [0.1, 0.15) is 11.6 Å². The van der Waals surface area contributed by atoms with Crippen LogP contribution in [0, 0.1) is 0 Å². The number of carbonyl (C=O) groups is 1. The van der Waals surface area contributed by atoms with Gasteiger partial charge in [-0.05, 0) is 40.2 Å². The molecule has 0 aromatic rings. The van der Waals surface area contributed by atoms with Gasteiger partial charge >= 0.3 is 5.97 Å². The summed E-state index contributed by atoms with van der Waals surface area (Å²) in [6.45, 7) is 6.65. The first-order chi connectivity index (χ1) is 6.49. The molecular formula is C11H21NO2. The minimum Gasteiger partial charge on any atom is -0.459 e. The van der Waals surface area contributed by atoms with E-state index in [1.165, 1.54) is 12.8 Å². The van der Waals surface area contributed by atoms with Gasteiger partial charge in [-0.2, -0.15) is 0 Å². The molecule has 14 heavy (non-hydrogen) atoms. The van der Waals surface area contributed by atoms with Crippen LogP contribution in [0.4, 0.5) is 0 Å². The summed E-state index contributed by atoms with van der Waals surface area (Å²) in [5.41, 5.74) is -0.370. The smallest absolute Gasteiger partial charge is 0.323 e. The van der Waals surface area contributed by atoms with E-state index in [0.29, 0.717) is 0 Å². The van der Waals surface area contributed by atoms with Gasteiger partial charge in [-0.15, -0.1) is 0 Å². The molecule has 3 heteroatoms. The Balaban J connectivity index is 2.42. The summed E-state index contributed by atoms with van der Waals surface area (Å²) in [5, 5.41) is 3.23. The van der Waals surface area contributed by atoms with Gasteiger partial charge in [-0.3, -0.25) is 4.79 Å². The SMILES string of the molecule is CC(C)(C)OC(=O)C1CCCCCN1. The number of ether oxygens (including phenoxy) is 1. The molecule has 82 valence electrons. The number of hydrogen-bond donors (Lipinski definition) is 1. The van der Waals surface area contributed by atoms with Gasteiger partial charge in [0.05, 0.1) is 0 Å². The average molecular weight is 199 g/mol. The summed E-state index contributed by atoms with van der Waals surface area (Å²) >= 11 is 0. The summed E-state index contributed by atoms with van der Waals surface area (Å²) in [4.78, 5) is 11.7. The van der Waals surface area contributed by atoms with E-state index < -0.39 is 0 Å².